The fourth-order valence-electron chi connectivity index (χ4n) is 5.59. The molecule has 0 saturated carbocycles. The Morgan fingerprint density at radius 2 is 0.718 bits per heavy atom. The first kappa shape index (κ1) is 24.6. The molecule has 0 fully saturated rings. The maximum absolute atomic E-state index is 2.43. The van der Waals surface area contributed by atoms with Crippen molar-refractivity contribution in [2.45, 2.75) is 0 Å². The fraction of sp³-hybridized carbons (Fsp3) is 0.0526. The minimum atomic E-state index is 0.611. The van der Waals surface area contributed by atoms with E-state index in [9.17, 15) is 0 Å². The highest BCUT2D eigenvalue weighted by atomic mass is 15.3. The maximum atomic E-state index is 2.43. The van der Waals surface area contributed by atoms with Crippen LogP contribution in [0.4, 0.5) is 11.4 Å². The van der Waals surface area contributed by atoms with Crippen molar-refractivity contribution in [3.8, 4) is 44.5 Å². The molecule has 0 spiro atoms. The number of hydrogen-bond donors (Lipinski definition) is 0. The summed E-state index contributed by atoms with van der Waals surface area (Å²) in [5, 5.41) is 0. The molecule has 0 N–H and O–H groups in total. The molecular formula is C38H32N+. The van der Waals surface area contributed by atoms with Crippen LogP contribution >= 0.6 is 0 Å². The van der Waals surface area contributed by atoms with Crippen molar-refractivity contribution in [3.05, 3.63) is 158 Å². The standard InChI is InChI=1S/C38H32N/c1-39(2,33-26-16-7-17-27-33)35-28-34(29-18-8-3-9-19-29)36(30-20-10-4-11-21-30)38(32-24-14-6-15-25-32)37(35)31-22-12-5-13-23-31/h3-28H,1-2H3/q+1. The molecule has 0 bridgehead atoms. The van der Waals surface area contributed by atoms with Crippen LogP contribution < -0.4 is 4.48 Å². The Kier molecular flexibility index (Phi) is 6.67. The first-order valence-electron chi connectivity index (χ1n) is 13.5. The van der Waals surface area contributed by atoms with Gasteiger partial charge in [0.2, 0.25) is 0 Å². The lowest BCUT2D eigenvalue weighted by Gasteiger charge is -2.34. The van der Waals surface area contributed by atoms with E-state index in [1.807, 2.05) is 0 Å². The molecule has 1 nitrogen and oxygen atoms in total. The molecule has 0 unspecified atom stereocenters. The van der Waals surface area contributed by atoms with Crippen molar-refractivity contribution in [2.75, 3.05) is 14.1 Å². The van der Waals surface area contributed by atoms with Crippen LogP contribution in [-0.4, -0.2) is 14.1 Å². The van der Waals surface area contributed by atoms with Crippen LogP contribution in [-0.2, 0) is 0 Å². The van der Waals surface area contributed by atoms with Gasteiger partial charge in [-0.3, -0.25) is 4.48 Å². The van der Waals surface area contributed by atoms with E-state index in [4.69, 9.17) is 0 Å². The summed E-state index contributed by atoms with van der Waals surface area (Å²) in [5.74, 6) is 0. The van der Waals surface area contributed by atoms with E-state index in [1.165, 1.54) is 55.9 Å². The third-order valence-corrected chi connectivity index (χ3v) is 7.58. The average molecular weight is 503 g/mol. The molecule has 0 radical (unpaired) electrons. The second kappa shape index (κ2) is 10.6. The summed E-state index contributed by atoms with van der Waals surface area (Å²) < 4.78 is 0.611. The van der Waals surface area contributed by atoms with Crippen molar-refractivity contribution in [1.29, 1.82) is 0 Å². The van der Waals surface area contributed by atoms with Crippen LogP contribution in [0.25, 0.3) is 44.5 Å². The predicted octanol–water partition coefficient (Wildman–Crippen LogP) is 10.3. The quantitative estimate of drug-likeness (QED) is 0.199. The normalized spacial score (nSPS) is 11.3. The monoisotopic (exact) mass is 502 g/mol. The van der Waals surface area contributed by atoms with Crippen molar-refractivity contribution in [2.24, 2.45) is 0 Å². The predicted molar refractivity (Wildman–Crippen MR) is 168 cm³/mol. The molecule has 0 aromatic heterocycles. The minimum Gasteiger partial charge on any atom is -0.263 e. The Labute approximate surface area is 231 Å². The molecule has 0 heterocycles. The highest BCUT2D eigenvalue weighted by Crippen LogP contribution is 2.52. The van der Waals surface area contributed by atoms with Gasteiger partial charge in [0, 0.05) is 11.6 Å². The first-order chi connectivity index (χ1) is 19.1. The van der Waals surface area contributed by atoms with Gasteiger partial charge in [0.05, 0.1) is 19.7 Å². The van der Waals surface area contributed by atoms with E-state index in [-0.39, 0.29) is 0 Å². The molecule has 6 rings (SSSR count). The third-order valence-electron chi connectivity index (χ3n) is 7.58. The minimum absolute atomic E-state index is 0.611. The van der Waals surface area contributed by atoms with Crippen molar-refractivity contribution in [1.82, 2.24) is 4.48 Å². The smallest absolute Gasteiger partial charge is 0.146 e. The zero-order valence-corrected chi connectivity index (χ0v) is 22.5. The number of rotatable bonds is 6. The van der Waals surface area contributed by atoms with Crippen molar-refractivity contribution in [3.63, 3.8) is 0 Å². The maximum Gasteiger partial charge on any atom is 0.146 e. The molecular weight excluding hydrogens is 470 g/mol. The zero-order valence-electron chi connectivity index (χ0n) is 22.5. The molecule has 188 valence electrons. The van der Waals surface area contributed by atoms with E-state index in [0.29, 0.717) is 4.48 Å². The number of para-hydroxylation sites is 1. The fourth-order valence-corrected chi connectivity index (χ4v) is 5.59. The molecule has 39 heavy (non-hydrogen) atoms. The van der Waals surface area contributed by atoms with Gasteiger partial charge >= 0.3 is 0 Å². The highest BCUT2D eigenvalue weighted by molar-refractivity contribution is 6.06. The van der Waals surface area contributed by atoms with Gasteiger partial charge < -0.3 is 0 Å². The molecule has 0 atom stereocenters. The topological polar surface area (TPSA) is 0 Å². The summed E-state index contributed by atoms with van der Waals surface area (Å²) >= 11 is 0. The number of benzene rings is 6. The summed E-state index contributed by atoms with van der Waals surface area (Å²) in [4.78, 5) is 0. The Hall–Kier alpha value is -4.72. The van der Waals surface area contributed by atoms with Crippen LogP contribution in [0, 0.1) is 0 Å². The molecule has 0 aliphatic carbocycles. The van der Waals surface area contributed by atoms with Gasteiger partial charge in [0.15, 0.2) is 0 Å². The molecule has 6 aromatic rings. The van der Waals surface area contributed by atoms with Crippen LogP contribution in [0.1, 0.15) is 0 Å². The summed E-state index contributed by atoms with van der Waals surface area (Å²) in [6, 6.07) is 56.6. The second-order valence-electron chi connectivity index (χ2n) is 10.3. The summed E-state index contributed by atoms with van der Waals surface area (Å²) in [7, 11) is 4.59. The molecule has 1 heteroatoms. The highest BCUT2D eigenvalue weighted by Gasteiger charge is 2.32. The third kappa shape index (κ3) is 4.69. The molecule has 0 saturated heterocycles. The van der Waals surface area contributed by atoms with Gasteiger partial charge in [-0.25, -0.2) is 0 Å². The summed E-state index contributed by atoms with van der Waals surface area (Å²) in [6.45, 7) is 0. The Morgan fingerprint density at radius 3 is 1.18 bits per heavy atom. The van der Waals surface area contributed by atoms with E-state index in [0.717, 1.165) is 0 Å². The molecule has 6 aromatic carbocycles. The van der Waals surface area contributed by atoms with E-state index >= 15 is 0 Å². The Morgan fingerprint density at radius 1 is 0.359 bits per heavy atom. The van der Waals surface area contributed by atoms with Crippen molar-refractivity contribution < 1.29 is 0 Å². The van der Waals surface area contributed by atoms with Crippen LogP contribution in [0.5, 0.6) is 0 Å². The summed E-state index contributed by atoms with van der Waals surface area (Å²) in [5.41, 5.74) is 12.3. The van der Waals surface area contributed by atoms with Crippen LogP contribution in [0.2, 0.25) is 0 Å². The SMILES string of the molecule is C[N+](C)(c1ccccc1)c1cc(-c2ccccc2)c(-c2ccccc2)c(-c2ccccc2)c1-c1ccccc1. The molecule has 0 amide bonds. The summed E-state index contributed by atoms with van der Waals surface area (Å²) in [6.07, 6.45) is 0. The number of quaternary nitrogens is 1. The number of nitrogens with zero attached hydrogens (tertiary/aromatic N) is 1. The average Bonchev–Trinajstić information content (AvgIpc) is 3.02. The molecule has 0 aliphatic rings. The van der Waals surface area contributed by atoms with Gasteiger partial charge in [-0.2, -0.15) is 0 Å². The van der Waals surface area contributed by atoms with E-state index in [2.05, 4.69) is 172 Å². The van der Waals surface area contributed by atoms with Gasteiger partial charge in [-0.05, 0) is 45.5 Å². The second-order valence-corrected chi connectivity index (χ2v) is 10.3. The first-order valence-corrected chi connectivity index (χ1v) is 13.5. The van der Waals surface area contributed by atoms with Crippen LogP contribution in [0.3, 0.4) is 0 Å². The largest absolute Gasteiger partial charge is 0.263 e. The van der Waals surface area contributed by atoms with E-state index in [1.54, 1.807) is 0 Å². The van der Waals surface area contributed by atoms with Gasteiger partial charge in [0.1, 0.15) is 11.4 Å². The van der Waals surface area contributed by atoms with Crippen LogP contribution in [0.15, 0.2) is 158 Å². The van der Waals surface area contributed by atoms with Gasteiger partial charge in [0.25, 0.3) is 0 Å². The lowest BCUT2D eigenvalue weighted by Crippen LogP contribution is -2.35. The van der Waals surface area contributed by atoms with Crippen molar-refractivity contribution >= 4 is 11.4 Å². The van der Waals surface area contributed by atoms with Gasteiger partial charge in [-0.1, -0.05) is 140 Å². The Balaban J connectivity index is 1.84. The van der Waals surface area contributed by atoms with E-state index < -0.39 is 0 Å². The zero-order chi connectivity index (χ0) is 26.7. The lowest BCUT2D eigenvalue weighted by molar-refractivity contribution is 0.557. The Bertz CT molecular complexity index is 1670. The lowest BCUT2D eigenvalue weighted by atomic mass is 9.81. The number of hydrogen-bond acceptors (Lipinski definition) is 0. The van der Waals surface area contributed by atoms with Gasteiger partial charge in [-0.15, -0.1) is 0 Å². The molecule has 0 aliphatic heterocycles.